The van der Waals surface area contributed by atoms with Crippen LogP contribution >= 0.6 is 0 Å². The van der Waals surface area contributed by atoms with E-state index >= 15 is 0 Å². The van der Waals surface area contributed by atoms with Crippen molar-refractivity contribution in [3.05, 3.63) is 60.8 Å². The van der Waals surface area contributed by atoms with E-state index < -0.39 is 18.2 Å². The summed E-state index contributed by atoms with van der Waals surface area (Å²) < 4.78 is 5.82. The number of carbonyl (C=O) groups excluding carboxylic acids is 2. The van der Waals surface area contributed by atoms with Gasteiger partial charge in [-0.3, -0.25) is 9.59 Å². The predicted octanol–water partition coefficient (Wildman–Crippen LogP) is 15.6. The van der Waals surface area contributed by atoms with Crippen molar-refractivity contribution in [3.8, 4) is 0 Å². The molecule has 0 heterocycles. The lowest BCUT2D eigenvalue weighted by atomic mass is 10.0. The molecule has 0 aliphatic carbocycles. The van der Waals surface area contributed by atoms with Crippen LogP contribution in [0.2, 0.25) is 0 Å². The fourth-order valence-electron chi connectivity index (χ4n) is 7.63. The van der Waals surface area contributed by atoms with Gasteiger partial charge in [-0.15, -0.1) is 0 Å². The SMILES string of the molecule is CCCCCCC/C=C/C=C/C=C/CCCCCCCC(=O)OC(/C=C/C/C=C\CCCCCCCC)CC(=O)NC(CO)C(O)CCCCCCCCCCCCCCC. The van der Waals surface area contributed by atoms with Gasteiger partial charge in [0.25, 0.3) is 0 Å². The van der Waals surface area contributed by atoms with Crippen molar-refractivity contribution in [1.29, 1.82) is 0 Å². The van der Waals surface area contributed by atoms with Crippen molar-refractivity contribution in [3.63, 3.8) is 0 Å². The lowest BCUT2D eigenvalue weighted by molar-refractivity contribution is -0.148. The summed E-state index contributed by atoms with van der Waals surface area (Å²) >= 11 is 0. The Morgan fingerprint density at radius 3 is 1.41 bits per heavy atom. The number of esters is 1. The highest BCUT2D eigenvalue weighted by Crippen LogP contribution is 2.16. The van der Waals surface area contributed by atoms with Crippen LogP contribution in [0.15, 0.2) is 60.8 Å². The number of rotatable bonds is 46. The first-order valence-corrected chi connectivity index (χ1v) is 26.1. The minimum absolute atomic E-state index is 0.0379. The Bertz CT molecular complexity index is 1090. The third-order valence-corrected chi connectivity index (χ3v) is 11.6. The molecular weight excluding hydrogens is 755 g/mol. The van der Waals surface area contributed by atoms with Gasteiger partial charge in [-0.1, -0.05) is 236 Å². The Kier molecular flexibility index (Phi) is 46.6. The molecule has 6 heteroatoms. The Balaban J connectivity index is 4.63. The minimum Gasteiger partial charge on any atom is -0.458 e. The van der Waals surface area contributed by atoms with Gasteiger partial charge in [0.15, 0.2) is 0 Å². The summed E-state index contributed by atoms with van der Waals surface area (Å²) in [5, 5.41) is 23.7. The number of ether oxygens (including phenoxy) is 1. The van der Waals surface area contributed by atoms with Crippen molar-refractivity contribution in [2.45, 2.75) is 270 Å². The molecule has 0 aromatic heterocycles. The highest BCUT2D eigenvalue weighted by molar-refractivity contribution is 5.78. The highest BCUT2D eigenvalue weighted by atomic mass is 16.5. The Hall–Kier alpha value is -2.44. The van der Waals surface area contributed by atoms with Crippen LogP contribution in [-0.4, -0.2) is 46.9 Å². The highest BCUT2D eigenvalue weighted by Gasteiger charge is 2.23. The number of hydrogen-bond acceptors (Lipinski definition) is 5. The van der Waals surface area contributed by atoms with Gasteiger partial charge in [-0.25, -0.2) is 0 Å². The number of hydrogen-bond donors (Lipinski definition) is 3. The Morgan fingerprint density at radius 2 is 0.934 bits per heavy atom. The van der Waals surface area contributed by atoms with E-state index in [-0.39, 0.29) is 24.9 Å². The average molecular weight is 854 g/mol. The van der Waals surface area contributed by atoms with Crippen LogP contribution in [0.25, 0.3) is 0 Å². The number of aliphatic hydroxyl groups is 2. The molecular formula is C55H99NO5. The molecule has 0 radical (unpaired) electrons. The maximum atomic E-state index is 13.1. The van der Waals surface area contributed by atoms with E-state index in [4.69, 9.17) is 4.74 Å². The van der Waals surface area contributed by atoms with Crippen molar-refractivity contribution >= 4 is 11.9 Å². The van der Waals surface area contributed by atoms with E-state index in [0.717, 1.165) is 64.2 Å². The van der Waals surface area contributed by atoms with Gasteiger partial charge >= 0.3 is 5.97 Å². The molecule has 0 bridgehead atoms. The van der Waals surface area contributed by atoms with E-state index in [1.54, 1.807) is 0 Å². The van der Waals surface area contributed by atoms with Gasteiger partial charge in [-0.05, 0) is 63.9 Å². The largest absolute Gasteiger partial charge is 0.458 e. The zero-order valence-electron chi connectivity index (χ0n) is 40.3. The van der Waals surface area contributed by atoms with E-state index in [1.165, 1.54) is 141 Å². The van der Waals surface area contributed by atoms with Gasteiger partial charge in [0.05, 0.1) is 25.2 Å². The molecule has 3 atom stereocenters. The van der Waals surface area contributed by atoms with Crippen LogP contribution in [0.3, 0.4) is 0 Å². The summed E-state index contributed by atoms with van der Waals surface area (Å²) in [5.41, 5.74) is 0. The Morgan fingerprint density at radius 1 is 0.508 bits per heavy atom. The molecule has 0 saturated heterocycles. The first-order valence-electron chi connectivity index (χ1n) is 26.1. The topological polar surface area (TPSA) is 95.9 Å². The second-order valence-corrected chi connectivity index (χ2v) is 17.6. The number of aliphatic hydroxyl groups excluding tert-OH is 2. The van der Waals surface area contributed by atoms with Gasteiger partial charge < -0.3 is 20.3 Å². The molecule has 3 N–H and O–H groups in total. The third-order valence-electron chi connectivity index (χ3n) is 11.6. The fraction of sp³-hybridized carbons (Fsp3) is 0.782. The standard InChI is InChI=1S/C55H99NO5/c1-4-7-10-13-16-19-22-24-25-26-27-28-30-33-36-39-42-45-48-55(60)61-51(46-43-40-37-34-31-21-18-15-12-9-6-3)49-54(59)56-52(50-57)53(58)47-44-41-38-35-32-29-23-20-17-14-11-8-5-2/h22,24-28,34,37,43,46,51-53,57-58H,4-21,23,29-33,35-36,38-42,44-45,47-50H2,1-3H3,(H,56,59)/b24-22+,26-25+,28-27+,37-34-,46-43+. The minimum atomic E-state index is -0.815. The zero-order chi connectivity index (χ0) is 44.5. The Labute approximate surface area is 378 Å². The lowest BCUT2D eigenvalue weighted by Gasteiger charge is -2.23. The predicted molar refractivity (Wildman–Crippen MR) is 264 cm³/mol. The molecule has 61 heavy (non-hydrogen) atoms. The molecule has 0 aliphatic rings. The van der Waals surface area contributed by atoms with E-state index in [1.807, 2.05) is 12.2 Å². The molecule has 0 fully saturated rings. The normalized spacial score (nSPS) is 13.7. The van der Waals surface area contributed by atoms with Crippen LogP contribution in [0, 0.1) is 0 Å². The van der Waals surface area contributed by atoms with Crippen molar-refractivity contribution in [1.82, 2.24) is 5.32 Å². The summed E-state index contributed by atoms with van der Waals surface area (Å²) in [6, 6.07) is -0.737. The smallest absolute Gasteiger partial charge is 0.306 e. The molecule has 0 aromatic carbocycles. The van der Waals surface area contributed by atoms with Crippen molar-refractivity contribution in [2.75, 3.05) is 6.61 Å². The number of amides is 1. The van der Waals surface area contributed by atoms with Gasteiger partial charge in [0.2, 0.25) is 5.91 Å². The summed E-state index contributed by atoms with van der Waals surface area (Å²) in [7, 11) is 0. The average Bonchev–Trinajstić information content (AvgIpc) is 3.25. The van der Waals surface area contributed by atoms with Crippen molar-refractivity contribution in [2.24, 2.45) is 0 Å². The van der Waals surface area contributed by atoms with E-state index in [0.29, 0.717) is 19.3 Å². The maximum Gasteiger partial charge on any atom is 0.306 e. The molecule has 1 amide bonds. The number of unbranched alkanes of at least 4 members (excludes halogenated alkanes) is 28. The first kappa shape index (κ1) is 58.6. The molecule has 0 aromatic rings. The summed E-state index contributed by atoms with van der Waals surface area (Å²) in [6.07, 6.45) is 60.2. The second kappa shape index (κ2) is 48.6. The summed E-state index contributed by atoms with van der Waals surface area (Å²) in [5.74, 6) is -0.624. The molecule has 354 valence electrons. The van der Waals surface area contributed by atoms with Crippen LogP contribution in [0.4, 0.5) is 0 Å². The summed E-state index contributed by atoms with van der Waals surface area (Å²) in [6.45, 7) is 6.42. The van der Waals surface area contributed by atoms with Gasteiger partial charge in [-0.2, -0.15) is 0 Å². The van der Waals surface area contributed by atoms with Gasteiger partial charge in [0.1, 0.15) is 6.10 Å². The first-order chi connectivity index (χ1) is 30.0. The van der Waals surface area contributed by atoms with E-state index in [9.17, 15) is 19.8 Å². The molecule has 0 spiro atoms. The molecule has 0 aliphatic heterocycles. The van der Waals surface area contributed by atoms with Crippen LogP contribution < -0.4 is 5.32 Å². The fourth-order valence-corrected chi connectivity index (χ4v) is 7.63. The third kappa shape index (κ3) is 44.0. The summed E-state index contributed by atoms with van der Waals surface area (Å²) in [4.78, 5) is 26.0. The molecule has 0 rings (SSSR count). The zero-order valence-corrected chi connectivity index (χ0v) is 40.3. The second-order valence-electron chi connectivity index (χ2n) is 17.6. The lowest BCUT2D eigenvalue weighted by Crippen LogP contribution is -2.46. The molecule has 3 unspecified atom stereocenters. The van der Waals surface area contributed by atoms with Gasteiger partial charge in [0, 0.05) is 6.42 Å². The monoisotopic (exact) mass is 854 g/mol. The maximum absolute atomic E-state index is 13.1. The van der Waals surface area contributed by atoms with Crippen LogP contribution in [0.1, 0.15) is 252 Å². The molecule has 0 saturated carbocycles. The molecule has 6 nitrogen and oxygen atoms in total. The van der Waals surface area contributed by atoms with E-state index in [2.05, 4.69) is 74.7 Å². The van der Waals surface area contributed by atoms with Crippen LogP contribution in [-0.2, 0) is 14.3 Å². The quantitative estimate of drug-likeness (QED) is 0.0245. The van der Waals surface area contributed by atoms with Crippen LogP contribution in [0.5, 0.6) is 0 Å². The number of carbonyl (C=O) groups is 2. The van der Waals surface area contributed by atoms with Crippen molar-refractivity contribution < 1.29 is 24.5 Å². The number of nitrogens with one attached hydrogen (secondary N) is 1. The number of allylic oxidation sites excluding steroid dienone is 9.